The van der Waals surface area contributed by atoms with Crippen LogP contribution in [0.15, 0.2) is 48.8 Å². The Balaban J connectivity index is 1.97. The first-order valence-corrected chi connectivity index (χ1v) is 11.0. The second-order valence-electron chi connectivity index (χ2n) is 9.20. The fraction of sp³-hybridized carbons (Fsp3) is 0.269. The predicted molar refractivity (Wildman–Crippen MR) is 135 cm³/mol. The summed E-state index contributed by atoms with van der Waals surface area (Å²) in [7, 11) is 7.46. The maximum absolute atomic E-state index is 13.5. The minimum Gasteiger partial charge on any atom is -0.368 e. The van der Waals surface area contributed by atoms with Gasteiger partial charge in [0.15, 0.2) is 5.69 Å². The monoisotopic (exact) mass is 497 g/mol. The number of benzene rings is 2. The van der Waals surface area contributed by atoms with Crippen molar-refractivity contribution in [1.29, 1.82) is 0 Å². The summed E-state index contributed by atoms with van der Waals surface area (Å²) >= 11 is 0. The number of nitrogens with one attached hydrogen (secondary N) is 1. The number of nitrogen functional groups attached to an aromatic ring is 1. The van der Waals surface area contributed by atoms with E-state index < -0.39 is 17.6 Å². The number of rotatable bonds is 5. The number of alkyl halides is 3. The molecule has 188 valence electrons. The molecule has 1 amide bonds. The van der Waals surface area contributed by atoms with Gasteiger partial charge in [0.2, 0.25) is 5.95 Å². The highest BCUT2D eigenvalue weighted by Crippen LogP contribution is 2.37. The molecular formula is C26H28F3N6O+. The van der Waals surface area contributed by atoms with E-state index in [0.29, 0.717) is 23.5 Å². The number of carbonyl (C=O) groups is 1. The molecule has 3 rings (SSSR count). The summed E-state index contributed by atoms with van der Waals surface area (Å²) in [5.74, 6) is 5.50. The Labute approximate surface area is 208 Å². The Morgan fingerprint density at radius 2 is 1.75 bits per heavy atom. The summed E-state index contributed by atoms with van der Waals surface area (Å²) in [6.07, 6.45) is -1.57. The smallest absolute Gasteiger partial charge is 0.368 e. The van der Waals surface area contributed by atoms with Gasteiger partial charge in [-0.25, -0.2) is 9.97 Å². The number of nitrogens with zero attached hydrogens (tertiary/aromatic N) is 4. The largest absolute Gasteiger partial charge is 0.416 e. The minimum absolute atomic E-state index is 0.0916. The second-order valence-corrected chi connectivity index (χ2v) is 9.20. The molecule has 0 atom stereocenters. The summed E-state index contributed by atoms with van der Waals surface area (Å²) in [6.45, 7) is 2.35. The third kappa shape index (κ3) is 6.59. The van der Waals surface area contributed by atoms with Crippen molar-refractivity contribution in [2.24, 2.45) is 0 Å². The van der Waals surface area contributed by atoms with Crippen molar-refractivity contribution in [1.82, 2.24) is 19.4 Å². The number of amides is 1. The van der Waals surface area contributed by atoms with Crippen molar-refractivity contribution in [3.63, 3.8) is 0 Å². The van der Waals surface area contributed by atoms with Crippen LogP contribution >= 0.6 is 0 Å². The van der Waals surface area contributed by atoms with Crippen LogP contribution in [-0.2, 0) is 6.18 Å². The molecule has 0 spiro atoms. The normalized spacial score (nSPS) is 11.7. The standard InChI is InChI=1S/C26H27F3N6O/c1-17-6-8-20(12-19(17)9-7-18-14-31-25(30)32-15-18)24(36)33-22-13-21(26(27,28)29)10-11-23(22)35(4,5)16-34(2)3/h6,8,10-15H,16H2,1-5H3,(H2-,30,31,32,33,36)/p+1. The molecule has 1 heterocycles. The van der Waals surface area contributed by atoms with Crippen LogP contribution < -0.4 is 15.5 Å². The molecule has 2 aromatic carbocycles. The van der Waals surface area contributed by atoms with Gasteiger partial charge < -0.3 is 11.1 Å². The Bertz CT molecular complexity index is 1320. The summed E-state index contributed by atoms with van der Waals surface area (Å²) < 4.78 is 40.6. The molecule has 10 heteroatoms. The van der Waals surface area contributed by atoms with E-state index in [9.17, 15) is 18.0 Å². The zero-order valence-electron chi connectivity index (χ0n) is 20.7. The van der Waals surface area contributed by atoms with Crippen molar-refractivity contribution in [2.75, 3.05) is 45.9 Å². The first kappa shape index (κ1) is 26.7. The Hall–Kier alpha value is -3.94. The van der Waals surface area contributed by atoms with E-state index >= 15 is 0 Å². The number of halogens is 3. The van der Waals surface area contributed by atoms with Crippen LogP contribution in [0.1, 0.15) is 32.6 Å². The average molecular weight is 498 g/mol. The molecule has 0 radical (unpaired) electrons. The van der Waals surface area contributed by atoms with Gasteiger partial charge in [0.05, 0.1) is 25.2 Å². The predicted octanol–water partition coefficient (Wildman–Crippen LogP) is 4.12. The highest BCUT2D eigenvalue weighted by Gasteiger charge is 2.34. The fourth-order valence-corrected chi connectivity index (χ4v) is 3.76. The number of quaternary nitrogens is 1. The van der Waals surface area contributed by atoms with Crippen LogP contribution in [0, 0.1) is 18.8 Å². The molecule has 1 aromatic heterocycles. The summed E-state index contributed by atoms with van der Waals surface area (Å²) in [5.41, 5.74) is 7.52. The molecule has 36 heavy (non-hydrogen) atoms. The van der Waals surface area contributed by atoms with Gasteiger partial charge in [-0.3, -0.25) is 14.2 Å². The molecule has 3 aromatic rings. The van der Waals surface area contributed by atoms with Gasteiger partial charge in [0.25, 0.3) is 5.91 Å². The van der Waals surface area contributed by atoms with Crippen molar-refractivity contribution >= 4 is 23.2 Å². The van der Waals surface area contributed by atoms with E-state index in [1.54, 1.807) is 18.2 Å². The lowest BCUT2D eigenvalue weighted by Crippen LogP contribution is -2.47. The number of anilines is 2. The van der Waals surface area contributed by atoms with Gasteiger partial charge in [-0.2, -0.15) is 13.2 Å². The summed E-state index contributed by atoms with van der Waals surface area (Å²) in [5, 5.41) is 2.69. The first-order valence-electron chi connectivity index (χ1n) is 11.0. The minimum atomic E-state index is -4.55. The Morgan fingerprint density at radius 3 is 2.36 bits per heavy atom. The Morgan fingerprint density at radius 1 is 1.08 bits per heavy atom. The van der Waals surface area contributed by atoms with Crippen LogP contribution in [0.3, 0.4) is 0 Å². The molecule has 0 aliphatic heterocycles. The van der Waals surface area contributed by atoms with E-state index in [4.69, 9.17) is 5.73 Å². The van der Waals surface area contributed by atoms with Gasteiger partial charge in [-0.15, -0.1) is 0 Å². The number of hydrogen-bond donors (Lipinski definition) is 2. The van der Waals surface area contributed by atoms with Gasteiger partial charge in [0.1, 0.15) is 12.4 Å². The van der Waals surface area contributed by atoms with Crippen molar-refractivity contribution in [2.45, 2.75) is 13.1 Å². The third-order valence-electron chi connectivity index (χ3n) is 5.37. The van der Waals surface area contributed by atoms with Crippen LogP contribution in [0.4, 0.5) is 30.5 Å². The van der Waals surface area contributed by atoms with Crippen LogP contribution in [0.5, 0.6) is 0 Å². The zero-order valence-corrected chi connectivity index (χ0v) is 20.7. The quantitative estimate of drug-likeness (QED) is 0.315. The molecule has 7 nitrogen and oxygen atoms in total. The average Bonchev–Trinajstić information content (AvgIpc) is 2.78. The lowest BCUT2D eigenvalue weighted by atomic mass is 10.0. The third-order valence-corrected chi connectivity index (χ3v) is 5.37. The van der Waals surface area contributed by atoms with E-state index in [1.807, 2.05) is 40.0 Å². The van der Waals surface area contributed by atoms with Crippen molar-refractivity contribution in [3.8, 4) is 11.8 Å². The van der Waals surface area contributed by atoms with Gasteiger partial charge >= 0.3 is 6.18 Å². The second kappa shape index (κ2) is 10.4. The number of aryl methyl sites for hydroxylation is 1. The van der Waals surface area contributed by atoms with Crippen molar-refractivity contribution in [3.05, 3.63) is 76.6 Å². The molecule has 0 saturated heterocycles. The van der Waals surface area contributed by atoms with E-state index in [1.165, 1.54) is 18.5 Å². The fourth-order valence-electron chi connectivity index (χ4n) is 3.76. The SMILES string of the molecule is Cc1ccc(C(=O)Nc2cc(C(F)(F)F)ccc2[N+](C)(C)CN(C)C)cc1C#Cc1cnc(N)nc1. The van der Waals surface area contributed by atoms with Crippen LogP contribution in [0.2, 0.25) is 0 Å². The van der Waals surface area contributed by atoms with E-state index in [0.717, 1.165) is 17.7 Å². The maximum atomic E-state index is 13.5. The van der Waals surface area contributed by atoms with Crippen LogP contribution in [0.25, 0.3) is 0 Å². The highest BCUT2D eigenvalue weighted by atomic mass is 19.4. The lowest BCUT2D eigenvalue weighted by Gasteiger charge is -2.33. The highest BCUT2D eigenvalue weighted by molar-refractivity contribution is 6.06. The van der Waals surface area contributed by atoms with E-state index in [-0.39, 0.29) is 21.7 Å². The summed E-state index contributed by atoms with van der Waals surface area (Å²) in [4.78, 5) is 22.9. The van der Waals surface area contributed by atoms with Gasteiger partial charge in [-0.05, 0) is 50.8 Å². The Kier molecular flexibility index (Phi) is 7.67. The number of hydrogen-bond acceptors (Lipinski definition) is 5. The molecule has 0 unspecified atom stereocenters. The maximum Gasteiger partial charge on any atom is 0.416 e. The van der Waals surface area contributed by atoms with E-state index in [2.05, 4.69) is 27.1 Å². The lowest BCUT2D eigenvalue weighted by molar-refractivity contribution is -0.137. The topological polar surface area (TPSA) is 84.1 Å². The zero-order chi connectivity index (χ0) is 26.7. The van der Waals surface area contributed by atoms with Crippen molar-refractivity contribution < 1.29 is 18.0 Å². The number of carbonyl (C=O) groups excluding carboxylic acids is 1. The van der Waals surface area contributed by atoms with Gasteiger partial charge in [-0.1, -0.05) is 17.9 Å². The number of nitrogens with two attached hydrogens (primary N) is 1. The molecule has 0 aliphatic rings. The molecule has 3 N–H and O–H groups in total. The first-order chi connectivity index (χ1) is 16.8. The van der Waals surface area contributed by atoms with Crippen LogP contribution in [-0.4, -0.2) is 55.6 Å². The molecule has 0 bridgehead atoms. The molecule has 0 fully saturated rings. The van der Waals surface area contributed by atoms with Gasteiger partial charge in [0, 0.05) is 29.6 Å². The number of aromatic nitrogens is 2. The molecule has 0 saturated carbocycles. The summed E-state index contributed by atoms with van der Waals surface area (Å²) in [6, 6.07) is 8.35. The molecular weight excluding hydrogens is 469 g/mol. The molecule has 0 aliphatic carbocycles.